The summed E-state index contributed by atoms with van der Waals surface area (Å²) in [6, 6.07) is -1.01. The molecular weight excluding hydrogens is 364 g/mol. The van der Waals surface area contributed by atoms with Gasteiger partial charge < -0.3 is 30.4 Å². The Labute approximate surface area is 165 Å². The maximum Gasteiger partial charge on any atom is 0.171 e. The second-order valence-corrected chi connectivity index (χ2v) is 8.39. The normalized spacial score (nSPS) is 34.5. The van der Waals surface area contributed by atoms with Crippen LogP contribution in [0.15, 0.2) is 6.20 Å². The first kappa shape index (κ1) is 21.4. The molecule has 1 heterocycles. The number of nitrogens with zero attached hydrogens (tertiary/aromatic N) is 4. The number of likely N-dealkylation sites (N-methyl/N-ethyl adjacent to an activating group) is 1. The van der Waals surface area contributed by atoms with E-state index in [-0.39, 0.29) is 0 Å². The van der Waals surface area contributed by atoms with Crippen molar-refractivity contribution in [3.8, 4) is 0 Å². The summed E-state index contributed by atoms with van der Waals surface area (Å²) in [5.74, 6) is 1.29. The number of aliphatic hydroxyl groups is 5. The lowest BCUT2D eigenvalue weighted by molar-refractivity contribution is -0.185. The van der Waals surface area contributed by atoms with Gasteiger partial charge in [-0.2, -0.15) is 0 Å². The van der Waals surface area contributed by atoms with Crippen molar-refractivity contribution in [3.05, 3.63) is 6.20 Å². The van der Waals surface area contributed by atoms with Crippen molar-refractivity contribution in [2.24, 2.45) is 5.92 Å². The number of aryl methyl sites for hydroxylation is 1. The van der Waals surface area contributed by atoms with Gasteiger partial charge in [0.1, 0.15) is 30.5 Å². The Balaban J connectivity index is 1.52. The van der Waals surface area contributed by atoms with Crippen LogP contribution < -0.4 is 4.90 Å². The van der Waals surface area contributed by atoms with Crippen LogP contribution in [0, 0.1) is 5.92 Å². The standard InChI is InChI=1S/C19H34N4O5/c1-22(14-15(24)17(26)19(28)18(27)16(14)25)13-11-23(21-20-13)10-6-5-9-12-7-3-2-4-8-12/h11-12,14-19,24-28H,2-10H2,1H3. The van der Waals surface area contributed by atoms with Crippen LogP contribution in [0.4, 0.5) is 5.82 Å². The van der Waals surface area contributed by atoms with E-state index in [2.05, 4.69) is 10.3 Å². The summed E-state index contributed by atoms with van der Waals surface area (Å²) >= 11 is 0. The molecule has 28 heavy (non-hydrogen) atoms. The molecule has 2 aliphatic carbocycles. The maximum atomic E-state index is 10.3. The molecule has 2 aliphatic rings. The summed E-state index contributed by atoms with van der Waals surface area (Å²) in [4.78, 5) is 1.49. The van der Waals surface area contributed by atoms with Gasteiger partial charge in [-0.25, -0.2) is 0 Å². The highest BCUT2D eigenvalue weighted by molar-refractivity contribution is 5.37. The van der Waals surface area contributed by atoms with E-state index in [0.717, 1.165) is 25.3 Å². The Morgan fingerprint density at radius 1 is 0.929 bits per heavy atom. The molecule has 4 unspecified atom stereocenters. The summed E-state index contributed by atoms with van der Waals surface area (Å²) in [5.41, 5.74) is 0. The number of hydrogen-bond acceptors (Lipinski definition) is 8. The van der Waals surface area contributed by atoms with Crippen LogP contribution in [-0.4, -0.2) is 84.1 Å². The van der Waals surface area contributed by atoms with E-state index in [1.165, 1.54) is 43.4 Å². The molecule has 0 saturated heterocycles. The van der Waals surface area contributed by atoms with Gasteiger partial charge in [0, 0.05) is 13.6 Å². The second-order valence-electron chi connectivity index (χ2n) is 8.39. The van der Waals surface area contributed by atoms with E-state index in [1.54, 1.807) is 17.9 Å². The van der Waals surface area contributed by atoms with Crippen molar-refractivity contribution in [3.63, 3.8) is 0 Å². The van der Waals surface area contributed by atoms with Crippen LogP contribution in [0.25, 0.3) is 0 Å². The zero-order valence-electron chi connectivity index (χ0n) is 16.5. The molecule has 0 radical (unpaired) electrons. The number of unbranched alkanes of at least 4 members (excludes halogenated alkanes) is 1. The van der Waals surface area contributed by atoms with Crippen LogP contribution in [0.1, 0.15) is 51.4 Å². The second kappa shape index (κ2) is 9.49. The van der Waals surface area contributed by atoms with E-state index in [1.807, 2.05) is 0 Å². The van der Waals surface area contributed by atoms with Crippen molar-refractivity contribution < 1.29 is 25.5 Å². The zero-order valence-corrected chi connectivity index (χ0v) is 16.5. The molecule has 2 saturated carbocycles. The highest BCUT2D eigenvalue weighted by Gasteiger charge is 2.50. The predicted molar refractivity (Wildman–Crippen MR) is 103 cm³/mol. The van der Waals surface area contributed by atoms with Crippen molar-refractivity contribution in [2.45, 2.75) is 94.5 Å². The third kappa shape index (κ3) is 4.65. The van der Waals surface area contributed by atoms with Crippen LogP contribution in [0.2, 0.25) is 0 Å². The molecule has 0 amide bonds. The monoisotopic (exact) mass is 398 g/mol. The third-order valence-corrected chi connectivity index (χ3v) is 6.41. The van der Waals surface area contributed by atoms with Crippen molar-refractivity contribution in [2.75, 3.05) is 11.9 Å². The van der Waals surface area contributed by atoms with Gasteiger partial charge in [-0.3, -0.25) is 4.68 Å². The minimum atomic E-state index is -1.60. The molecule has 2 fully saturated rings. The average molecular weight is 399 g/mol. The number of anilines is 1. The largest absolute Gasteiger partial charge is 0.388 e. The Bertz CT molecular complexity index is 593. The first-order valence-electron chi connectivity index (χ1n) is 10.4. The Morgan fingerprint density at radius 3 is 2.18 bits per heavy atom. The molecule has 5 N–H and O–H groups in total. The summed E-state index contributed by atoms with van der Waals surface area (Å²) in [7, 11) is 1.60. The van der Waals surface area contributed by atoms with Crippen LogP contribution in [-0.2, 0) is 6.54 Å². The van der Waals surface area contributed by atoms with Crippen LogP contribution in [0.3, 0.4) is 0 Å². The predicted octanol–water partition coefficient (Wildman–Crippen LogP) is -0.348. The van der Waals surface area contributed by atoms with Crippen molar-refractivity contribution in [1.82, 2.24) is 15.0 Å². The summed E-state index contributed by atoms with van der Waals surface area (Å²) < 4.78 is 1.73. The molecule has 160 valence electrons. The fraction of sp³-hybridized carbons (Fsp3) is 0.895. The highest BCUT2D eigenvalue weighted by atomic mass is 16.4. The number of aromatic nitrogens is 3. The lowest BCUT2D eigenvalue weighted by Crippen LogP contribution is -2.68. The lowest BCUT2D eigenvalue weighted by atomic mass is 9.82. The molecule has 9 heteroatoms. The van der Waals surface area contributed by atoms with Gasteiger partial charge in [-0.15, -0.1) is 5.10 Å². The lowest BCUT2D eigenvalue weighted by Gasteiger charge is -2.45. The Morgan fingerprint density at radius 2 is 1.54 bits per heavy atom. The SMILES string of the molecule is CN(c1cn(CCCCC2CCCCC2)nn1)C1C(O)C(O)C(O)C(O)C1O. The molecule has 0 aliphatic heterocycles. The van der Waals surface area contributed by atoms with E-state index in [4.69, 9.17) is 0 Å². The maximum absolute atomic E-state index is 10.3. The van der Waals surface area contributed by atoms with Gasteiger partial charge in [0.2, 0.25) is 0 Å². The van der Waals surface area contributed by atoms with E-state index < -0.39 is 36.6 Å². The van der Waals surface area contributed by atoms with E-state index in [9.17, 15) is 25.5 Å². The molecule has 1 aromatic rings. The Hall–Kier alpha value is -1.26. The van der Waals surface area contributed by atoms with Crippen LogP contribution in [0.5, 0.6) is 0 Å². The molecule has 9 nitrogen and oxygen atoms in total. The molecular formula is C19H34N4O5. The smallest absolute Gasteiger partial charge is 0.171 e. The molecule has 0 aromatic carbocycles. The van der Waals surface area contributed by atoms with Gasteiger partial charge in [0.05, 0.1) is 12.2 Å². The Kier molecular flexibility index (Phi) is 7.27. The molecule has 4 atom stereocenters. The fourth-order valence-corrected chi connectivity index (χ4v) is 4.56. The number of rotatable bonds is 7. The zero-order chi connectivity index (χ0) is 20.3. The molecule has 0 spiro atoms. The number of aliphatic hydroxyl groups excluding tert-OH is 5. The van der Waals surface area contributed by atoms with Crippen molar-refractivity contribution >= 4 is 5.82 Å². The number of hydrogen-bond donors (Lipinski definition) is 5. The van der Waals surface area contributed by atoms with Crippen LogP contribution >= 0.6 is 0 Å². The molecule has 1 aromatic heterocycles. The summed E-state index contributed by atoms with van der Waals surface area (Å²) in [5, 5.41) is 58.2. The summed E-state index contributed by atoms with van der Waals surface area (Å²) in [6.07, 6.45) is 4.41. The molecule has 3 rings (SSSR count). The van der Waals surface area contributed by atoms with Gasteiger partial charge in [-0.05, 0) is 12.3 Å². The topological polar surface area (TPSA) is 135 Å². The van der Waals surface area contributed by atoms with Gasteiger partial charge in [0.15, 0.2) is 5.82 Å². The first-order chi connectivity index (χ1) is 13.4. The van der Waals surface area contributed by atoms with Crippen molar-refractivity contribution in [1.29, 1.82) is 0 Å². The van der Waals surface area contributed by atoms with E-state index >= 15 is 0 Å². The average Bonchev–Trinajstić information content (AvgIpc) is 3.18. The quantitative estimate of drug-likeness (QED) is 0.394. The molecule has 0 bridgehead atoms. The van der Waals surface area contributed by atoms with Gasteiger partial charge in [0.25, 0.3) is 0 Å². The third-order valence-electron chi connectivity index (χ3n) is 6.41. The minimum absolute atomic E-state index is 0.422. The minimum Gasteiger partial charge on any atom is -0.388 e. The van der Waals surface area contributed by atoms with Gasteiger partial charge in [-0.1, -0.05) is 50.2 Å². The van der Waals surface area contributed by atoms with Gasteiger partial charge >= 0.3 is 0 Å². The van der Waals surface area contributed by atoms with E-state index in [0.29, 0.717) is 5.82 Å². The first-order valence-corrected chi connectivity index (χ1v) is 10.4. The highest BCUT2D eigenvalue weighted by Crippen LogP contribution is 2.29. The summed E-state index contributed by atoms with van der Waals surface area (Å²) in [6.45, 7) is 0.743. The fourth-order valence-electron chi connectivity index (χ4n) is 4.56.